The summed E-state index contributed by atoms with van der Waals surface area (Å²) in [7, 11) is 1.25. The van der Waals surface area contributed by atoms with Crippen LogP contribution in [0.2, 0.25) is 0 Å². The van der Waals surface area contributed by atoms with Gasteiger partial charge in [0.2, 0.25) is 5.91 Å². The Bertz CT molecular complexity index is 1200. The predicted octanol–water partition coefficient (Wildman–Crippen LogP) is 17.1. The number of carbonyl (C=O) groups excluding carboxylic acids is 1. The van der Waals surface area contributed by atoms with Gasteiger partial charge in [-0.3, -0.25) is 9.36 Å². The molecule has 8 nitrogen and oxygen atoms in total. The minimum atomic E-state index is -4.61. The monoisotopic (exact) mass is 979 g/mol. The van der Waals surface area contributed by atoms with Gasteiger partial charge in [0.15, 0.2) is 0 Å². The maximum absolute atomic E-state index is 13.0. The third-order valence-corrected chi connectivity index (χ3v) is 14.3. The van der Waals surface area contributed by atoms with E-state index in [2.05, 4.69) is 43.5 Å². The van der Waals surface area contributed by atoms with Crippen molar-refractivity contribution in [3.63, 3.8) is 0 Å². The lowest BCUT2D eigenvalue weighted by molar-refractivity contribution is -0.870. The van der Waals surface area contributed by atoms with Crippen molar-refractivity contribution in [2.45, 2.75) is 296 Å². The average molecular weight is 980 g/mol. The van der Waals surface area contributed by atoms with Gasteiger partial charge in [-0.2, -0.15) is 0 Å². The Labute approximate surface area is 423 Å². The molecule has 0 saturated heterocycles. The van der Waals surface area contributed by atoms with Crippen LogP contribution in [-0.2, 0) is 18.4 Å². The molecule has 3 atom stereocenters. The molecule has 0 rings (SSSR count). The largest absolute Gasteiger partial charge is 0.756 e. The van der Waals surface area contributed by atoms with E-state index in [4.69, 9.17) is 9.05 Å². The van der Waals surface area contributed by atoms with Crippen LogP contribution in [0.25, 0.3) is 0 Å². The van der Waals surface area contributed by atoms with Gasteiger partial charge in [0, 0.05) is 6.42 Å². The van der Waals surface area contributed by atoms with Gasteiger partial charge in [-0.15, -0.1) is 0 Å². The summed E-state index contributed by atoms with van der Waals surface area (Å²) in [6, 6.07) is -0.908. The average Bonchev–Trinajstić information content (AvgIpc) is 3.30. The lowest BCUT2D eigenvalue weighted by Gasteiger charge is -2.29. The van der Waals surface area contributed by atoms with Crippen LogP contribution >= 0.6 is 7.82 Å². The van der Waals surface area contributed by atoms with Crippen LogP contribution in [0.3, 0.4) is 0 Å². The maximum Gasteiger partial charge on any atom is 0.268 e. The summed E-state index contributed by atoms with van der Waals surface area (Å²) in [5.74, 6) is -0.206. The van der Waals surface area contributed by atoms with E-state index in [1.165, 1.54) is 218 Å². The SMILES string of the molecule is CCCCCCCCCCCCCCCCC/C=C/CC/C=C/CC/C=C/C(O)C(COP(=O)([O-])OCC[N+](C)(C)C)NC(=O)CCCCCCCCCCCCCCCCCCCCCCC. The van der Waals surface area contributed by atoms with Crippen LogP contribution in [-0.4, -0.2) is 68.5 Å². The molecule has 0 aromatic rings. The van der Waals surface area contributed by atoms with Gasteiger partial charge < -0.3 is 28.8 Å². The van der Waals surface area contributed by atoms with E-state index in [1.807, 2.05) is 27.2 Å². The van der Waals surface area contributed by atoms with Crippen LogP contribution < -0.4 is 10.2 Å². The summed E-state index contributed by atoms with van der Waals surface area (Å²) >= 11 is 0. The van der Waals surface area contributed by atoms with Crippen LogP contribution in [0.1, 0.15) is 284 Å². The van der Waals surface area contributed by atoms with E-state index in [-0.39, 0.29) is 12.5 Å². The number of phosphoric ester groups is 1. The second-order valence-corrected chi connectivity index (χ2v) is 22.8. The van der Waals surface area contributed by atoms with E-state index in [0.717, 1.165) is 44.9 Å². The fourth-order valence-electron chi connectivity index (χ4n) is 8.72. The predicted molar refractivity (Wildman–Crippen MR) is 293 cm³/mol. The highest BCUT2D eigenvalue weighted by Gasteiger charge is 2.23. The Balaban J connectivity index is 4.26. The van der Waals surface area contributed by atoms with E-state index in [9.17, 15) is 19.4 Å². The van der Waals surface area contributed by atoms with Crippen molar-refractivity contribution < 1.29 is 32.9 Å². The number of phosphoric acid groups is 1. The number of hydrogen-bond donors (Lipinski definition) is 2. The van der Waals surface area contributed by atoms with Gasteiger partial charge in [-0.1, -0.05) is 269 Å². The second-order valence-electron chi connectivity index (χ2n) is 21.3. The summed E-state index contributed by atoms with van der Waals surface area (Å²) in [4.78, 5) is 25.5. The summed E-state index contributed by atoms with van der Waals surface area (Å²) < 4.78 is 23.3. The number of amides is 1. The molecule has 9 heteroatoms. The number of aliphatic hydroxyl groups excluding tert-OH is 1. The summed E-state index contributed by atoms with van der Waals surface area (Å²) in [6.45, 7) is 4.66. The number of aliphatic hydroxyl groups is 1. The molecule has 68 heavy (non-hydrogen) atoms. The summed E-state index contributed by atoms with van der Waals surface area (Å²) in [5, 5.41) is 13.9. The smallest absolute Gasteiger partial charge is 0.268 e. The van der Waals surface area contributed by atoms with Crippen molar-refractivity contribution in [1.29, 1.82) is 0 Å². The molecule has 0 fully saturated rings. The fourth-order valence-corrected chi connectivity index (χ4v) is 9.44. The standard InChI is InChI=1S/C59H115N2O6P/c1-6-8-10-12-14-16-18-20-22-24-26-28-29-30-31-33-34-36-38-40-42-44-46-48-50-52-58(62)57(56-67-68(64,65)66-55-54-61(3,4)5)60-59(63)53-51-49-47-45-43-41-39-37-35-32-27-25-23-21-19-17-15-13-11-9-7-2/h34,36,42,44,50,52,57-58,62H,6-33,35,37-41,43,45-49,51,53-56H2,1-5H3,(H-,60,63,64,65)/b36-34+,44-42+,52-50+. The first-order valence-corrected chi connectivity index (χ1v) is 30.8. The Kier molecular flexibility index (Phi) is 49.7. The van der Waals surface area contributed by atoms with Crippen molar-refractivity contribution in [3.8, 4) is 0 Å². The molecule has 1 amide bonds. The van der Waals surface area contributed by atoms with Crippen molar-refractivity contribution in [2.75, 3.05) is 40.9 Å². The molecule has 3 unspecified atom stereocenters. The third kappa shape index (κ3) is 52.5. The molecule has 0 heterocycles. The Morgan fingerprint density at radius 2 is 0.824 bits per heavy atom. The quantitative estimate of drug-likeness (QED) is 0.0272. The normalized spacial score (nSPS) is 14.2. The van der Waals surface area contributed by atoms with Crippen LogP contribution in [0.5, 0.6) is 0 Å². The maximum atomic E-state index is 13.0. The van der Waals surface area contributed by atoms with Crippen molar-refractivity contribution in [1.82, 2.24) is 5.32 Å². The minimum Gasteiger partial charge on any atom is -0.756 e. The van der Waals surface area contributed by atoms with Crippen molar-refractivity contribution in [2.24, 2.45) is 0 Å². The van der Waals surface area contributed by atoms with Crippen LogP contribution in [0.15, 0.2) is 36.5 Å². The Morgan fingerprint density at radius 3 is 1.19 bits per heavy atom. The number of rotatable bonds is 54. The first kappa shape index (κ1) is 66.7. The summed E-state index contributed by atoms with van der Waals surface area (Å²) in [5.41, 5.74) is 0. The van der Waals surface area contributed by atoms with E-state index < -0.39 is 26.6 Å². The molecule has 0 aromatic heterocycles. The number of unbranched alkanes of at least 4 members (excludes halogenated alkanes) is 37. The summed E-state index contributed by atoms with van der Waals surface area (Å²) in [6.07, 6.45) is 65.1. The van der Waals surface area contributed by atoms with Gasteiger partial charge in [-0.05, 0) is 44.9 Å². The molecule has 0 spiro atoms. The lowest BCUT2D eigenvalue weighted by atomic mass is 10.0. The molecule has 0 aliphatic rings. The first-order chi connectivity index (χ1) is 33.0. The minimum absolute atomic E-state index is 0.00734. The molecule has 402 valence electrons. The van der Waals surface area contributed by atoms with Crippen molar-refractivity contribution in [3.05, 3.63) is 36.5 Å². The van der Waals surface area contributed by atoms with E-state index in [1.54, 1.807) is 6.08 Å². The second kappa shape index (κ2) is 50.7. The molecule has 0 bridgehead atoms. The first-order valence-electron chi connectivity index (χ1n) is 29.4. The van der Waals surface area contributed by atoms with E-state index >= 15 is 0 Å². The third-order valence-electron chi connectivity index (χ3n) is 13.3. The molecular weight excluding hydrogens is 864 g/mol. The number of allylic oxidation sites excluding steroid dienone is 5. The molecule has 0 radical (unpaired) electrons. The van der Waals surface area contributed by atoms with Crippen molar-refractivity contribution >= 4 is 13.7 Å². The van der Waals surface area contributed by atoms with E-state index in [0.29, 0.717) is 17.4 Å². The topological polar surface area (TPSA) is 108 Å². The highest BCUT2D eigenvalue weighted by Crippen LogP contribution is 2.38. The van der Waals surface area contributed by atoms with Gasteiger partial charge in [0.25, 0.3) is 7.82 Å². The highest BCUT2D eigenvalue weighted by atomic mass is 31.2. The highest BCUT2D eigenvalue weighted by molar-refractivity contribution is 7.45. The molecule has 0 aliphatic heterocycles. The number of hydrogen-bond acceptors (Lipinski definition) is 6. The van der Waals surface area contributed by atoms with Gasteiger partial charge in [0.1, 0.15) is 13.2 Å². The van der Waals surface area contributed by atoms with Crippen LogP contribution in [0, 0.1) is 0 Å². The number of nitrogens with zero attached hydrogens (tertiary/aromatic N) is 1. The number of likely N-dealkylation sites (N-methyl/N-ethyl adjacent to an activating group) is 1. The molecule has 0 aliphatic carbocycles. The zero-order valence-corrected chi connectivity index (χ0v) is 46.7. The molecule has 0 aromatic carbocycles. The fraction of sp³-hybridized carbons (Fsp3) is 0.881. The van der Waals surface area contributed by atoms with Gasteiger partial charge >= 0.3 is 0 Å². The molecule has 0 saturated carbocycles. The van der Waals surface area contributed by atoms with Crippen LogP contribution in [0.4, 0.5) is 0 Å². The number of carbonyl (C=O) groups is 1. The lowest BCUT2D eigenvalue weighted by Crippen LogP contribution is -2.45. The van der Waals surface area contributed by atoms with Gasteiger partial charge in [0.05, 0.1) is 39.9 Å². The molecular formula is C59H115N2O6P. The van der Waals surface area contributed by atoms with Gasteiger partial charge in [-0.25, -0.2) is 0 Å². The number of nitrogens with one attached hydrogen (secondary N) is 1. The zero-order chi connectivity index (χ0) is 49.9. The zero-order valence-electron chi connectivity index (χ0n) is 45.8. The Morgan fingerprint density at radius 1 is 0.500 bits per heavy atom. The Hall–Kier alpha value is -1.28. The molecule has 2 N–H and O–H groups in total. The number of quaternary nitrogens is 1.